The van der Waals surface area contributed by atoms with Gasteiger partial charge < -0.3 is 15.3 Å². The van der Waals surface area contributed by atoms with Crippen LogP contribution in [-0.2, 0) is 4.79 Å². The van der Waals surface area contributed by atoms with E-state index in [1.165, 1.54) is 11.9 Å². The highest BCUT2D eigenvalue weighted by molar-refractivity contribution is 5.80. The van der Waals surface area contributed by atoms with E-state index in [-0.39, 0.29) is 18.1 Å². The van der Waals surface area contributed by atoms with Crippen LogP contribution in [0.3, 0.4) is 0 Å². The van der Waals surface area contributed by atoms with Gasteiger partial charge in [0.1, 0.15) is 6.54 Å². The van der Waals surface area contributed by atoms with Gasteiger partial charge in [-0.2, -0.15) is 0 Å². The van der Waals surface area contributed by atoms with Crippen LogP contribution in [0.4, 0.5) is 4.79 Å². The third kappa shape index (κ3) is 2.61. The normalized spacial score (nSPS) is 18.1. The molecular weight excluding hydrogens is 184 g/mol. The zero-order valence-electron chi connectivity index (χ0n) is 8.54. The molecule has 0 heterocycles. The van der Waals surface area contributed by atoms with Crippen molar-refractivity contribution in [3.8, 4) is 0 Å². The lowest BCUT2D eigenvalue weighted by Gasteiger charge is -2.40. The summed E-state index contributed by atoms with van der Waals surface area (Å²) in [5, 5.41) is 11.3. The van der Waals surface area contributed by atoms with Crippen LogP contribution >= 0.6 is 0 Å². The Morgan fingerprint density at radius 3 is 2.43 bits per heavy atom. The molecule has 0 unspecified atom stereocenters. The third-order valence-electron chi connectivity index (χ3n) is 2.58. The SMILES string of the molecule is CN(CC(=O)O)C(=O)NC1(C)CCC1. The zero-order valence-corrected chi connectivity index (χ0v) is 8.54. The van der Waals surface area contributed by atoms with E-state index in [9.17, 15) is 9.59 Å². The van der Waals surface area contributed by atoms with Crippen LogP contribution in [0.1, 0.15) is 26.2 Å². The number of amides is 2. The van der Waals surface area contributed by atoms with Gasteiger partial charge in [-0.05, 0) is 26.2 Å². The lowest BCUT2D eigenvalue weighted by atomic mass is 9.79. The van der Waals surface area contributed by atoms with Crippen molar-refractivity contribution in [2.24, 2.45) is 0 Å². The van der Waals surface area contributed by atoms with Crippen molar-refractivity contribution >= 4 is 12.0 Å². The Bertz CT molecular complexity index is 248. The van der Waals surface area contributed by atoms with Crippen LogP contribution in [-0.4, -0.2) is 41.1 Å². The topological polar surface area (TPSA) is 69.6 Å². The second kappa shape index (κ2) is 3.86. The minimum atomic E-state index is -0.999. The molecule has 0 aromatic rings. The van der Waals surface area contributed by atoms with Crippen LogP contribution < -0.4 is 5.32 Å². The summed E-state index contributed by atoms with van der Waals surface area (Å²) in [5.74, 6) is -0.999. The number of carboxylic acid groups (broad SMARTS) is 1. The van der Waals surface area contributed by atoms with Gasteiger partial charge in [-0.3, -0.25) is 4.79 Å². The summed E-state index contributed by atoms with van der Waals surface area (Å²) >= 11 is 0. The van der Waals surface area contributed by atoms with Crippen LogP contribution in [0.15, 0.2) is 0 Å². The molecule has 2 N–H and O–H groups in total. The van der Waals surface area contributed by atoms with Crippen molar-refractivity contribution in [2.75, 3.05) is 13.6 Å². The van der Waals surface area contributed by atoms with Gasteiger partial charge in [0.25, 0.3) is 0 Å². The molecule has 0 atom stereocenters. The highest BCUT2D eigenvalue weighted by Crippen LogP contribution is 2.30. The average Bonchev–Trinajstić information content (AvgIpc) is 2.00. The summed E-state index contributed by atoms with van der Waals surface area (Å²) in [6.45, 7) is 1.71. The number of nitrogens with one attached hydrogen (secondary N) is 1. The average molecular weight is 200 g/mol. The van der Waals surface area contributed by atoms with Crippen LogP contribution in [0.5, 0.6) is 0 Å². The maximum absolute atomic E-state index is 11.4. The van der Waals surface area contributed by atoms with E-state index in [1.54, 1.807) is 0 Å². The largest absolute Gasteiger partial charge is 0.480 e. The molecule has 0 aliphatic heterocycles. The summed E-state index contributed by atoms with van der Waals surface area (Å²) in [7, 11) is 1.48. The Morgan fingerprint density at radius 2 is 2.07 bits per heavy atom. The highest BCUT2D eigenvalue weighted by atomic mass is 16.4. The van der Waals surface area contributed by atoms with Gasteiger partial charge in [0.15, 0.2) is 0 Å². The summed E-state index contributed by atoms with van der Waals surface area (Å²) in [6.07, 6.45) is 3.07. The van der Waals surface area contributed by atoms with Gasteiger partial charge in [0.05, 0.1) is 0 Å². The monoisotopic (exact) mass is 200 g/mol. The Morgan fingerprint density at radius 1 is 1.50 bits per heavy atom. The fraction of sp³-hybridized carbons (Fsp3) is 0.778. The first-order valence-corrected chi connectivity index (χ1v) is 4.68. The quantitative estimate of drug-likeness (QED) is 0.703. The standard InChI is InChI=1S/C9H16N2O3/c1-9(4-3-5-9)10-8(14)11(2)6-7(12)13/h3-6H2,1-2H3,(H,10,14)(H,12,13). The van der Waals surface area contributed by atoms with E-state index in [4.69, 9.17) is 5.11 Å². The Balaban J connectivity index is 2.37. The molecule has 5 heteroatoms. The molecule has 0 aromatic heterocycles. The minimum absolute atomic E-state index is 0.121. The molecule has 0 spiro atoms. The van der Waals surface area contributed by atoms with Gasteiger partial charge in [-0.25, -0.2) is 4.79 Å². The molecule has 1 fully saturated rings. The molecule has 0 radical (unpaired) electrons. The number of carboxylic acids is 1. The lowest BCUT2D eigenvalue weighted by Crippen LogP contribution is -2.55. The second-order valence-electron chi connectivity index (χ2n) is 4.09. The zero-order chi connectivity index (χ0) is 10.8. The molecule has 1 saturated carbocycles. The molecular formula is C9H16N2O3. The smallest absolute Gasteiger partial charge is 0.323 e. The molecule has 14 heavy (non-hydrogen) atoms. The fourth-order valence-electron chi connectivity index (χ4n) is 1.46. The molecule has 0 bridgehead atoms. The van der Waals surface area contributed by atoms with Gasteiger partial charge in [-0.1, -0.05) is 0 Å². The van der Waals surface area contributed by atoms with Crippen molar-refractivity contribution in [3.05, 3.63) is 0 Å². The van der Waals surface area contributed by atoms with E-state index < -0.39 is 5.97 Å². The Labute approximate surface area is 83.1 Å². The van der Waals surface area contributed by atoms with Crippen molar-refractivity contribution in [1.29, 1.82) is 0 Å². The molecule has 1 rings (SSSR count). The van der Waals surface area contributed by atoms with Gasteiger partial charge in [0.2, 0.25) is 0 Å². The predicted octanol–water partition coefficient (Wildman–Crippen LogP) is 0.655. The molecule has 1 aliphatic rings. The first kappa shape index (κ1) is 10.8. The van der Waals surface area contributed by atoms with E-state index in [0.717, 1.165) is 19.3 Å². The van der Waals surface area contributed by atoms with E-state index in [1.807, 2.05) is 6.92 Å². The molecule has 0 aromatic carbocycles. The van der Waals surface area contributed by atoms with Crippen LogP contribution in [0, 0.1) is 0 Å². The number of carbonyl (C=O) groups is 2. The van der Waals surface area contributed by atoms with Crippen LogP contribution in [0.25, 0.3) is 0 Å². The van der Waals surface area contributed by atoms with Crippen molar-refractivity contribution in [1.82, 2.24) is 10.2 Å². The van der Waals surface area contributed by atoms with Gasteiger partial charge in [0, 0.05) is 12.6 Å². The number of hydrogen-bond donors (Lipinski definition) is 2. The Hall–Kier alpha value is -1.26. The number of hydrogen-bond acceptors (Lipinski definition) is 2. The first-order valence-electron chi connectivity index (χ1n) is 4.68. The van der Waals surface area contributed by atoms with Gasteiger partial charge in [-0.15, -0.1) is 0 Å². The summed E-state index contributed by atoms with van der Waals surface area (Å²) in [6, 6.07) is -0.311. The van der Waals surface area contributed by atoms with E-state index in [0.29, 0.717) is 0 Å². The number of rotatable bonds is 3. The van der Waals surface area contributed by atoms with E-state index in [2.05, 4.69) is 5.32 Å². The third-order valence-corrected chi connectivity index (χ3v) is 2.58. The van der Waals surface area contributed by atoms with E-state index >= 15 is 0 Å². The number of nitrogens with zero attached hydrogens (tertiary/aromatic N) is 1. The maximum Gasteiger partial charge on any atom is 0.323 e. The fourth-order valence-corrected chi connectivity index (χ4v) is 1.46. The molecule has 5 nitrogen and oxygen atoms in total. The van der Waals surface area contributed by atoms with Crippen molar-refractivity contribution in [3.63, 3.8) is 0 Å². The number of aliphatic carboxylic acids is 1. The molecule has 1 aliphatic carbocycles. The first-order chi connectivity index (χ1) is 6.43. The lowest BCUT2D eigenvalue weighted by molar-refractivity contribution is -0.137. The van der Waals surface area contributed by atoms with Gasteiger partial charge >= 0.3 is 12.0 Å². The summed E-state index contributed by atoms with van der Waals surface area (Å²) in [4.78, 5) is 23.0. The molecule has 2 amide bonds. The number of carbonyl (C=O) groups excluding carboxylic acids is 1. The molecule has 80 valence electrons. The van der Waals surface area contributed by atoms with Crippen molar-refractivity contribution in [2.45, 2.75) is 31.7 Å². The minimum Gasteiger partial charge on any atom is -0.480 e. The van der Waals surface area contributed by atoms with Crippen molar-refractivity contribution < 1.29 is 14.7 Å². The number of likely N-dealkylation sites (N-methyl/N-ethyl adjacent to an activating group) is 1. The summed E-state index contributed by atoms with van der Waals surface area (Å²) in [5.41, 5.74) is -0.121. The maximum atomic E-state index is 11.4. The molecule has 0 saturated heterocycles. The predicted molar refractivity (Wildman–Crippen MR) is 51.1 cm³/mol. The summed E-state index contributed by atoms with van der Waals surface area (Å²) < 4.78 is 0. The number of urea groups is 1. The Kier molecular flexibility index (Phi) is 2.98. The second-order valence-corrected chi connectivity index (χ2v) is 4.09. The highest BCUT2D eigenvalue weighted by Gasteiger charge is 2.34. The van der Waals surface area contributed by atoms with Crippen LogP contribution in [0.2, 0.25) is 0 Å².